The average Bonchev–Trinajstić information content (AvgIpc) is 3.22. The van der Waals surface area contributed by atoms with Gasteiger partial charge < -0.3 is 13.7 Å². The van der Waals surface area contributed by atoms with E-state index in [1.54, 1.807) is 25.3 Å². The van der Waals surface area contributed by atoms with Gasteiger partial charge in [0, 0.05) is 23.0 Å². The zero-order valence-electron chi connectivity index (χ0n) is 14.8. The minimum absolute atomic E-state index is 0.288. The van der Waals surface area contributed by atoms with Crippen molar-refractivity contribution in [3.63, 3.8) is 0 Å². The van der Waals surface area contributed by atoms with Crippen LogP contribution in [-0.2, 0) is 11.3 Å². The van der Waals surface area contributed by atoms with Crippen molar-refractivity contribution in [3.8, 4) is 0 Å². The third kappa shape index (κ3) is 4.13. The van der Waals surface area contributed by atoms with Crippen molar-refractivity contribution in [1.29, 1.82) is 0 Å². The maximum atomic E-state index is 13.2. The minimum Gasteiger partial charge on any atom is -0.467 e. The second kappa shape index (κ2) is 7.57. The first-order valence-corrected chi connectivity index (χ1v) is 8.20. The Bertz CT molecular complexity index is 970. The molecular formula is C20H17F2NO4. The molecule has 0 N–H and O–H groups in total. The van der Waals surface area contributed by atoms with Gasteiger partial charge in [-0.05, 0) is 44.2 Å². The van der Waals surface area contributed by atoms with Gasteiger partial charge in [-0.1, -0.05) is 0 Å². The molecule has 0 amide bonds. The second-order valence-electron chi connectivity index (χ2n) is 6.11. The molecular weight excluding hydrogens is 356 g/mol. The molecule has 0 radical (unpaired) electrons. The number of esters is 1. The van der Waals surface area contributed by atoms with Crippen molar-refractivity contribution in [2.75, 3.05) is 6.61 Å². The van der Waals surface area contributed by atoms with E-state index in [0.29, 0.717) is 23.9 Å². The molecule has 0 spiro atoms. The van der Waals surface area contributed by atoms with Crippen molar-refractivity contribution in [2.24, 2.45) is 0 Å². The number of ether oxygens (including phenoxy) is 1. The van der Waals surface area contributed by atoms with Crippen LogP contribution in [0.15, 0.2) is 47.1 Å². The standard InChI is InChI=1S/C20H17F2NO4/c1-12-6-18(13(2)23(12)10-17-4-3-5-26-17)19(24)11-27-20(25)14-7-15(21)9-16(22)8-14/h3-9H,10-11H2,1-2H3. The molecule has 0 bridgehead atoms. The molecule has 0 aliphatic rings. The summed E-state index contributed by atoms with van der Waals surface area (Å²) >= 11 is 0. The van der Waals surface area contributed by atoms with Crippen molar-refractivity contribution < 1.29 is 27.5 Å². The highest BCUT2D eigenvalue weighted by atomic mass is 19.1. The van der Waals surface area contributed by atoms with Crippen LogP contribution in [0.5, 0.6) is 0 Å². The van der Waals surface area contributed by atoms with Crippen molar-refractivity contribution in [3.05, 3.63) is 82.6 Å². The van der Waals surface area contributed by atoms with Gasteiger partial charge in [0.05, 0.1) is 18.4 Å². The normalized spacial score (nSPS) is 10.8. The van der Waals surface area contributed by atoms with Gasteiger partial charge in [0.2, 0.25) is 5.78 Å². The topological polar surface area (TPSA) is 61.4 Å². The number of Topliss-reactive ketones (excluding diaryl/α,β-unsaturated/α-hetero) is 1. The number of carbonyl (C=O) groups excluding carboxylic acids is 2. The number of nitrogens with zero attached hydrogens (tertiary/aromatic N) is 1. The van der Waals surface area contributed by atoms with Gasteiger partial charge in [-0.3, -0.25) is 4.79 Å². The van der Waals surface area contributed by atoms with Crippen molar-refractivity contribution in [1.82, 2.24) is 4.57 Å². The van der Waals surface area contributed by atoms with Crippen LogP contribution in [0.2, 0.25) is 0 Å². The maximum Gasteiger partial charge on any atom is 0.338 e. The van der Waals surface area contributed by atoms with Crippen LogP contribution in [0.4, 0.5) is 8.78 Å². The number of aryl methyl sites for hydroxylation is 1. The Morgan fingerprint density at radius 1 is 1.11 bits per heavy atom. The first-order chi connectivity index (χ1) is 12.8. The van der Waals surface area contributed by atoms with Gasteiger partial charge in [0.1, 0.15) is 17.4 Å². The Balaban J connectivity index is 1.70. The highest BCUT2D eigenvalue weighted by molar-refractivity contribution is 6.00. The smallest absolute Gasteiger partial charge is 0.338 e. The molecule has 0 aliphatic carbocycles. The lowest BCUT2D eigenvalue weighted by atomic mass is 10.1. The summed E-state index contributed by atoms with van der Waals surface area (Å²) in [5.74, 6) is -2.41. The highest BCUT2D eigenvalue weighted by Crippen LogP contribution is 2.18. The molecule has 3 rings (SSSR count). The fourth-order valence-corrected chi connectivity index (χ4v) is 2.85. The number of hydrogen-bond donors (Lipinski definition) is 0. The van der Waals surface area contributed by atoms with E-state index in [1.807, 2.05) is 17.6 Å². The van der Waals surface area contributed by atoms with Gasteiger partial charge in [0.25, 0.3) is 0 Å². The van der Waals surface area contributed by atoms with Crippen LogP contribution >= 0.6 is 0 Å². The molecule has 27 heavy (non-hydrogen) atoms. The predicted octanol–water partition coefficient (Wildman–Crippen LogP) is 4.06. The molecule has 0 saturated heterocycles. The van der Waals surface area contributed by atoms with Crippen LogP contribution in [0.1, 0.15) is 37.9 Å². The zero-order chi connectivity index (χ0) is 19.6. The second-order valence-corrected chi connectivity index (χ2v) is 6.11. The fourth-order valence-electron chi connectivity index (χ4n) is 2.85. The molecule has 5 nitrogen and oxygen atoms in total. The Morgan fingerprint density at radius 3 is 2.44 bits per heavy atom. The first-order valence-electron chi connectivity index (χ1n) is 8.20. The Labute approximate surface area is 154 Å². The molecule has 7 heteroatoms. The molecule has 0 atom stereocenters. The monoisotopic (exact) mass is 373 g/mol. The molecule has 2 aromatic heterocycles. The molecule has 0 unspecified atom stereocenters. The first kappa shape index (κ1) is 18.6. The highest BCUT2D eigenvalue weighted by Gasteiger charge is 2.19. The Morgan fingerprint density at radius 2 is 1.81 bits per heavy atom. The van der Waals surface area contributed by atoms with Crippen LogP contribution in [0.25, 0.3) is 0 Å². The number of carbonyl (C=O) groups is 2. The summed E-state index contributed by atoms with van der Waals surface area (Å²) in [5.41, 5.74) is 1.69. The summed E-state index contributed by atoms with van der Waals surface area (Å²) in [6, 6.07) is 7.67. The van der Waals surface area contributed by atoms with Gasteiger partial charge in [0.15, 0.2) is 6.61 Å². The van der Waals surface area contributed by atoms with Crippen LogP contribution in [-0.4, -0.2) is 22.9 Å². The number of furan rings is 1. The van der Waals surface area contributed by atoms with Crippen molar-refractivity contribution in [2.45, 2.75) is 20.4 Å². The third-order valence-corrected chi connectivity index (χ3v) is 4.20. The summed E-state index contributed by atoms with van der Waals surface area (Å²) in [6.45, 7) is 3.59. The van der Waals surface area contributed by atoms with E-state index in [4.69, 9.17) is 9.15 Å². The number of halogens is 2. The predicted molar refractivity (Wildman–Crippen MR) is 92.7 cm³/mol. The maximum absolute atomic E-state index is 13.2. The molecule has 0 fully saturated rings. The summed E-state index contributed by atoms with van der Waals surface area (Å²) in [7, 11) is 0. The fraction of sp³-hybridized carbons (Fsp3) is 0.200. The van der Waals surface area contributed by atoms with Crippen LogP contribution in [0, 0.1) is 25.5 Å². The minimum atomic E-state index is -0.967. The van der Waals surface area contributed by atoms with E-state index in [0.717, 1.165) is 23.6 Å². The van der Waals surface area contributed by atoms with Gasteiger partial charge in [-0.15, -0.1) is 0 Å². The third-order valence-electron chi connectivity index (χ3n) is 4.20. The lowest BCUT2D eigenvalue weighted by Gasteiger charge is -2.08. The van der Waals surface area contributed by atoms with Gasteiger partial charge in [-0.2, -0.15) is 0 Å². The average molecular weight is 373 g/mol. The summed E-state index contributed by atoms with van der Waals surface area (Å²) < 4.78 is 38.5. The molecule has 0 saturated carbocycles. The summed E-state index contributed by atoms with van der Waals surface area (Å²) in [5, 5.41) is 0. The number of benzene rings is 1. The van der Waals surface area contributed by atoms with Gasteiger partial charge >= 0.3 is 5.97 Å². The van der Waals surface area contributed by atoms with E-state index in [1.165, 1.54) is 0 Å². The SMILES string of the molecule is Cc1cc(C(=O)COC(=O)c2cc(F)cc(F)c2)c(C)n1Cc1ccco1. The van der Waals surface area contributed by atoms with E-state index in [9.17, 15) is 18.4 Å². The van der Waals surface area contributed by atoms with Crippen LogP contribution in [0.3, 0.4) is 0 Å². The van der Waals surface area contributed by atoms with E-state index >= 15 is 0 Å². The van der Waals surface area contributed by atoms with Gasteiger partial charge in [-0.25, -0.2) is 13.6 Å². The van der Waals surface area contributed by atoms with Crippen LogP contribution < -0.4 is 0 Å². The lowest BCUT2D eigenvalue weighted by Crippen LogP contribution is -2.15. The number of hydrogen-bond acceptors (Lipinski definition) is 4. The largest absolute Gasteiger partial charge is 0.467 e. The quantitative estimate of drug-likeness (QED) is 0.483. The van der Waals surface area contributed by atoms with E-state index in [-0.39, 0.29) is 5.56 Å². The Hall–Kier alpha value is -3.22. The molecule has 0 aliphatic heterocycles. The zero-order valence-corrected chi connectivity index (χ0v) is 14.8. The van der Waals surface area contributed by atoms with Crippen molar-refractivity contribution >= 4 is 11.8 Å². The summed E-state index contributed by atoms with van der Waals surface area (Å²) in [6.07, 6.45) is 1.57. The van der Waals surface area contributed by atoms with E-state index in [2.05, 4.69) is 0 Å². The lowest BCUT2D eigenvalue weighted by molar-refractivity contribution is 0.0473. The molecule has 140 valence electrons. The number of rotatable bonds is 6. The molecule has 1 aromatic carbocycles. The Kier molecular flexibility index (Phi) is 5.21. The number of ketones is 1. The molecule has 3 aromatic rings. The number of aromatic nitrogens is 1. The summed E-state index contributed by atoms with van der Waals surface area (Å²) in [4.78, 5) is 24.4. The van der Waals surface area contributed by atoms with E-state index < -0.39 is 30.0 Å². The molecule has 2 heterocycles.